The third-order valence-corrected chi connectivity index (χ3v) is 6.63. The Morgan fingerprint density at radius 2 is 2.13 bits per heavy atom. The maximum Gasteiger partial charge on any atom is 0.281 e. The van der Waals surface area contributed by atoms with Gasteiger partial charge in [0.15, 0.2) is 17.1 Å². The molecule has 0 aliphatic carbocycles. The molecule has 1 aromatic carbocycles. The minimum absolute atomic E-state index is 0.0932. The Morgan fingerprint density at radius 1 is 1.26 bits per heavy atom. The second-order valence-corrected chi connectivity index (χ2v) is 9.12. The molecular formula is C25H28N8O5. The number of nitrogens with one attached hydrogen (secondary N) is 2. The standard InChI is InChI=1S/C25H28N8O5/c1-36-21-19(38-13-16(34)12-32-6-8-37-9-7-32)3-2-17-20(21)30-25(33-5-4-26-23(17)33)31-24(35)15-10-18-22(27-11-15)29-14-28-18/h2-3,10-11,14,16,26,34H,4-9,12-13H2,1H3,(H,27,28,29)/t16-/m0/s1. The van der Waals surface area contributed by atoms with Gasteiger partial charge in [-0.1, -0.05) is 0 Å². The van der Waals surface area contributed by atoms with Crippen LogP contribution in [0.25, 0.3) is 22.1 Å². The molecule has 5 heterocycles. The highest BCUT2D eigenvalue weighted by Crippen LogP contribution is 2.37. The fourth-order valence-electron chi connectivity index (χ4n) is 4.77. The zero-order valence-electron chi connectivity index (χ0n) is 20.9. The first-order valence-corrected chi connectivity index (χ1v) is 12.5. The largest absolute Gasteiger partial charge is 0.491 e. The predicted octanol–water partition coefficient (Wildman–Crippen LogP) is 0.555. The Bertz CT molecular complexity index is 1560. The maximum absolute atomic E-state index is 13.1. The number of rotatable bonds is 7. The lowest BCUT2D eigenvalue weighted by molar-refractivity contribution is 0.00447. The number of amides is 1. The number of aromatic nitrogens is 5. The number of carbonyl (C=O) groups is 1. The number of imidazole rings is 1. The quantitative estimate of drug-likeness (QED) is 0.315. The Kier molecular flexibility index (Phi) is 6.62. The molecule has 0 bridgehead atoms. The number of methoxy groups -OCH3 is 1. The van der Waals surface area contributed by atoms with Crippen molar-refractivity contribution in [3.8, 4) is 11.5 Å². The fraction of sp³-hybridized carbons (Fsp3) is 0.400. The van der Waals surface area contributed by atoms with Crippen LogP contribution in [0.1, 0.15) is 10.4 Å². The Morgan fingerprint density at radius 3 is 2.97 bits per heavy atom. The number of benzene rings is 1. The average molecular weight is 521 g/mol. The van der Waals surface area contributed by atoms with Gasteiger partial charge in [-0.25, -0.2) is 15.0 Å². The first-order chi connectivity index (χ1) is 18.6. The van der Waals surface area contributed by atoms with Crippen molar-refractivity contribution >= 4 is 33.8 Å². The second-order valence-electron chi connectivity index (χ2n) is 9.12. The monoisotopic (exact) mass is 520 g/mol. The first-order valence-electron chi connectivity index (χ1n) is 12.5. The van der Waals surface area contributed by atoms with Crippen molar-refractivity contribution in [1.29, 1.82) is 0 Å². The number of nitrogens with zero attached hydrogens (tertiary/aromatic N) is 6. The molecule has 1 atom stereocenters. The summed E-state index contributed by atoms with van der Waals surface area (Å²) in [6.45, 7) is 4.77. The number of carbonyl (C=O) groups excluding carboxylic acids is 1. The number of anilines is 1. The van der Waals surface area contributed by atoms with Gasteiger partial charge >= 0.3 is 0 Å². The van der Waals surface area contributed by atoms with Crippen molar-refractivity contribution in [3.05, 3.63) is 41.9 Å². The number of ether oxygens (including phenoxy) is 3. The van der Waals surface area contributed by atoms with Crippen LogP contribution < -0.4 is 20.4 Å². The van der Waals surface area contributed by atoms with Gasteiger partial charge in [0, 0.05) is 44.3 Å². The molecule has 2 aliphatic rings. The molecule has 0 saturated carbocycles. The normalized spacial score (nSPS) is 16.9. The zero-order chi connectivity index (χ0) is 26.1. The predicted molar refractivity (Wildman–Crippen MR) is 137 cm³/mol. The number of pyridine rings is 1. The Balaban J connectivity index is 1.32. The summed E-state index contributed by atoms with van der Waals surface area (Å²) in [6, 6.07) is 5.36. The van der Waals surface area contributed by atoms with Crippen LogP contribution in [-0.4, -0.2) is 99.6 Å². The lowest BCUT2D eigenvalue weighted by atomic mass is 10.2. The molecule has 3 N–H and O–H groups in total. The van der Waals surface area contributed by atoms with Crippen molar-refractivity contribution in [3.63, 3.8) is 0 Å². The second kappa shape index (κ2) is 10.4. The molecule has 0 radical (unpaired) electrons. The van der Waals surface area contributed by atoms with Crippen LogP contribution >= 0.6 is 0 Å². The number of fused-ring (bicyclic) bond motifs is 4. The number of aliphatic hydroxyl groups is 1. The van der Waals surface area contributed by atoms with Crippen molar-refractivity contribution in [2.45, 2.75) is 12.6 Å². The van der Waals surface area contributed by atoms with E-state index in [1.807, 2.05) is 10.6 Å². The van der Waals surface area contributed by atoms with Gasteiger partial charge in [0.05, 0.1) is 37.7 Å². The summed E-state index contributed by atoms with van der Waals surface area (Å²) in [6.07, 6.45) is 2.30. The summed E-state index contributed by atoms with van der Waals surface area (Å²) < 4.78 is 18.9. The van der Waals surface area contributed by atoms with E-state index in [9.17, 15) is 9.90 Å². The highest BCUT2D eigenvalue weighted by molar-refractivity contribution is 5.98. The van der Waals surface area contributed by atoms with Crippen LogP contribution in [-0.2, 0) is 11.3 Å². The van der Waals surface area contributed by atoms with Crippen molar-refractivity contribution < 1.29 is 24.1 Å². The number of β-amino-alcohol motifs (C(OH)–C–C–N with tert-alkyl or cyclic N) is 1. The van der Waals surface area contributed by atoms with Crippen LogP contribution in [0.2, 0.25) is 0 Å². The average Bonchev–Trinajstić information content (AvgIpc) is 3.62. The van der Waals surface area contributed by atoms with Crippen LogP contribution in [0.15, 0.2) is 35.7 Å². The SMILES string of the molecule is COc1c(OC[C@@H](O)CN2CCOCC2)ccc2c3n(c(=NC(=O)c4cnc5nc[nH]c5c4)nc12)CCN3. The third kappa shape index (κ3) is 4.66. The van der Waals surface area contributed by atoms with E-state index in [-0.39, 0.29) is 12.2 Å². The van der Waals surface area contributed by atoms with Crippen molar-refractivity contribution in [2.75, 3.05) is 58.4 Å². The lowest BCUT2D eigenvalue weighted by Crippen LogP contribution is -2.42. The molecule has 1 fully saturated rings. The molecule has 0 unspecified atom stereocenters. The summed E-state index contributed by atoms with van der Waals surface area (Å²) >= 11 is 0. The molecule has 1 amide bonds. The molecule has 198 valence electrons. The highest BCUT2D eigenvalue weighted by atomic mass is 16.5. The minimum Gasteiger partial charge on any atom is -0.491 e. The van der Waals surface area contributed by atoms with Gasteiger partial charge in [0.2, 0.25) is 5.62 Å². The summed E-state index contributed by atoms with van der Waals surface area (Å²) in [5.41, 5.74) is 2.24. The van der Waals surface area contributed by atoms with Crippen LogP contribution in [0.4, 0.5) is 5.82 Å². The number of morpholine rings is 1. The molecule has 4 aromatic rings. The van der Waals surface area contributed by atoms with Gasteiger partial charge in [-0.2, -0.15) is 4.99 Å². The third-order valence-electron chi connectivity index (χ3n) is 6.63. The Hall–Kier alpha value is -4.07. The molecule has 13 heteroatoms. The molecule has 0 spiro atoms. The van der Waals surface area contributed by atoms with E-state index in [0.29, 0.717) is 66.6 Å². The van der Waals surface area contributed by atoms with Gasteiger partial charge in [-0.3, -0.25) is 14.3 Å². The molecule has 38 heavy (non-hydrogen) atoms. The highest BCUT2D eigenvalue weighted by Gasteiger charge is 2.22. The van der Waals surface area contributed by atoms with E-state index < -0.39 is 12.0 Å². The summed E-state index contributed by atoms with van der Waals surface area (Å²) in [7, 11) is 1.54. The van der Waals surface area contributed by atoms with E-state index in [4.69, 9.17) is 19.2 Å². The number of aliphatic hydroxyl groups excluding tert-OH is 1. The lowest BCUT2D eigenvalue weighted by Gasteiger charge is -2.28. The number of hydrogen-bond acceptors (Lipinski definition) is 10. The van der Waals surface area contributed by atoms with E-state index >= 15 is 0 Å². The van der Waals surface area contributed by atoms with E-state index in [2.05, 4.69) is 30.2 Å². The minimum atomic E-state index is -0.678. The van der Waals surface area contributed by atoms with Crippen LogP contribution in [0, 0.1) is 0 Å². The Labute approximate surface area is 217 Å². The van der Waals surface area contributed by atoms with E-state index in [0.717, 1.165) is 24.3 Å². The summed E-state index contributed by atoms with van der Waals surface area (Å²) in [5.74, 6) is 1.17. The van der Waals surface area contributed by atoms with Gasteiger partial charge in [0.1, 0.15) is 24.0 Å². The van der Waals surface area contributed by atoms with Gasteiger partial charge in [-0.05, 0) is 18.2 Å². The van der Waals surface area contributed by atoms with Crippen molar-refractivity contribution in [2.24, 2.45) is 4.99 Å². The van der Waals surface area contributed by atoms with E-state index in [1.54, 1.807) is 12.1 Å². The first kappa shape index (κ1) is 24.3. The van der Waals surface area contributed by atoms with Crippen LogP contribution in [0.5, 0.6) is 11.5 Å². The topological polar surface area (TPSA) is 152 Å². The van der Waals surface area contributed by atoms with Gasteiger partial charge < -0.3 is 29.6 Å². The molecule has 2 aliphatic heterocycles. The van der Waals surface area contributed by atoms with Crippen molar-refractivity contribution in [1.82, 2.24) is 29.4 Å². The molecule has 6 rings (SSSR count). The number of aromatic amines is 1. The fourth-order valence-corrected chi connectivity index (χ4v) is 4.77. The van der Waals surface area contributed by atoms with Gasteiger partial charge in [0.25, 0.3) is 5.91 Å². The zero-order valence-corrected chi connectivity index (χ0v) is 20.9. The van der Waals surface area contributed by atoms with E-state index in [1.165, 1.54) is 19.6 Å². The number of hydrogen-bond donors (Lipinski definition) is 3. The molecule has 3 aromatic heterocycles. The molecule has 1 saturated heterocycles. The smallest absolute Gasteiger partial charge is 0.281 e. The molecule has 13 nitrogen and oxygen atoms in total. The van der Waals surface area contributed by atoms with Crippen LogP contribution in [0.3, 0.4) is 0 Å². The summed E-state index contributed by atoms with van der Waals surface area (Å²) in [5, 5.41) is 14.7. The summed E-state index contributed by atoms with van der Waals surface area (Å²) in [4.78, 5) is 35.5. The maximum atomic E-state index is 13.1. The molecular weight excluding hydrogens is 492 g/mol. The van der Waals surface area contributed by atoms with Gasteiger partial charge in [-0.15, -0.1) is 0 Å². The number of H-pyrrole nitrogens is 1.